The Balaban J connectivity index is 2.07. The van der Waals surface area contributed by atoms with Crippen molar-refractivity contribution in [1.29, 1.82) is 0 Å². The third-order valence-corrected chi connectivity index (χ3v) is 3.99. The van der Waals surface area contributed by atoms with Crippen LogP contribution in [0.4, 0.5) is 5.69 Å². The first-order valence-corrected chi connectivity index (χ1v) is 6.85. The van der Waals surface area contributed by atoms with Gasteiger partial charge in [0.1, 0.15) is 0 Å². The van der Waals surface area contributed by atoms with Gasteiger partial charge >= 0.3 is 0 Å². The van der Waals surface area contributed by atoms with Crippen molar-refractivity contribution in [2.24, 2.45) is 5.92 Å². The van der Waals surface area contributed by atoms with Crippen LogP contribution in [0.5, 0.6) is 0 Å². The minimum Gasteiger partial charge on any atom is -0.369 e. The fourth-order valence-electron chi connectivity index (χ4n) is 2.91. The fraction of sp³-hybridized carbons (Fsp3) is 0.600. The van der Waals surface area contributed by atoms with Gasteiger partial charge in [0.15, 0.2) is 0 Å². The van der Waals surface area contributed by atoms with Crippen LogP contribution in [0.3, 0.4) is 0 Å². The molecule has 1 fully saturated rings. The summed E-state index contributed by atoms with van der Waals surface area (Å²) in [5, 5.41) is 3.45. The van der Waals surface area contributed by atoms with Gasteiger partial charge in [0.05, 0.1) is 0 Å². The average molecular weight is 232 g/mol. The van der Waals surface area contributed by atoms with Crippen LogP contribution >= 0.6 is 0 Å². The van der Waals surface area contributed by atoms with Crippen LogP contribution in [0.25, 0.3) is 0 Å². The standard InChI is InChI=1S/C15H24N2/c1-3-17(15-7-5-4-6-8-15)13(2)14-9-11-16-12-10-14/h4-8,13-14,16H,3,9-12H2,1-2H3. The lowest BCUT2D eigenvalue weighted by molar-refractivity contribution is 0.319. The maximum Gasteiger partial charge on any atom is 0.0368 e. The monoisotopic (exact) mass is 232 g/mol. The van der Waals surface area contributed by atoms with Crippen molar-refractivity contribution in [2.45, 2.75) is 32.7 Å². The molecule has 1 aliphatic rings. The van der Waals surface area contributed by atoms with Crippen LogP contribution in [0.2, 0.25) is 0 Å². The first-order valence-electron chi connectivity index (χ1n) is 6.85. The average Bonchev–Trinajstić information content (AvgIpc) is 2.42. The number of nitrogens with one attached hydrogen (secondary N) is 1. The summed E-state index contributed by atoms with van der Waals surface area (Å²) in [6.45, 7) is 8.09. The summed E-state index contributed by atoms with van der Waals surface area (Å²) in [4.78, 5) is 2.54. The van der Waals surface area contributed by atoms with Crippen molar-refractivity contribution >= 4 is 5.69 Å². The lowest BCUT2D eigenvalue weighted by atomic mass is 9.90. The van der Waals surface area contributed by atoms with Gasteiger partial charge in [0.25, 0.3) is 0 Å². The molecule has 0 spiro atoms. The molecule has 2 rings (SSSR count). The molecule has 1 atom stereocenters. The van der Waals surface area contributed by atoms with E-state index in [0.717, 1.165) is 12.5 Å². The zero-order valence-electron chi connectivity index (χ0n) is 11.0. The van der Waals surface area contributed by atoms with Gasteiger partial charge in [-0.2, -0.15) is 0 Å². The Morgan fingerprint density at radius 3 is 2.47 bits per heavy atom. The summed E-state index contributed by atoms with van der Waals surface area (Å²) >= 11 is 0. The third kappa shape index (κ3) is 3.01. The van der Waals surface area contributed by atoms with Crippen LogP contribution in [0.15, 0.2) is 30.3 Å². The molecule has 2 nitrogen and oxygen atoms in total. The van der Waals surface area contributed by atoms with Gasteiger partial charge in [-0.25, -0.2) is 0 Å². The molecule has 17 heavy (non-hydrogen) atoms. The Bertz CT molecular complexity index is 317. The molecule has 0 saturated carbocycles. The van der Waals surface area contributed by atoms with E-state index in [0.29, 0.717) is 6.04 Å². The Morgan fingerprint density at radius 1 is 1.24 bits per heavy atom. The Kier molecular flexibility index (Phi) is 4.43. The number of hydrogen-bond donors (Lipinski definition) is 1. The molecule has 1 aliphatic heterocycles. The van der Waals surface area contributed by atoms with E-state index in [4.69, 9.17) is 0 Å². The predicted octanol–water partition coefficient (Wildman–Crippen LogP) is 2.90. The maximum atomic E-state index is 3.45. The fourth-order valence-corrected chi connectivity index (χ4v) is 2.91. The van der Waals surface area contributed by atoms with E-state index in [-0.39, 0.29) is 0 Å². The van der Waals surface area contributed by atoms with Crippen LogP contribution in [0, 0.1) is 5.92 Å². The molecule has 1 unspecified atom stereocenters. The van der Waals surface area contributed by atoms with E-state index in [2.05, 4.69) is 54.4 Å². The van der Waals surface area contributed by atoms with Crippen molar-refractivity contribution in [1.82, 2.24) is 5.32 Å². The van der Waals surface area contributed by atoms with Crippen molar-refractivity contribution in [3.05, 3.63) is 30.3 Å². The first-order chi connectivity index (χ1) is 8.33. The summed E-state index contributed by atoms with van der Waals surface area (Å²) < 4.78 is 0. The van der Waals surface area contributed by atoms with E-state index >= 15 is 0 Å². The highest BCUT2D eigenvalue weighted by molar-refractivity contribution is 5.46. The molecule has 0 aromatic heterocycles. The van der Waals surface area contributed by atoms with Gasteiger partial charge in [-0.3, -0.25) is 0 Å². The van der Waals surface area contributed by atoms with Gasteiger partial charge < -0.3 is 10.2 Å². The summed E-state index contributed by atoms with van der Waals surface area (Å²) in [7, 11) is 0. The molecular formula is C15H24N2. The summed E-state index contributed by atoms with van der Waals surface area (Å²) in [6, 6.07) is 11.4. The molecule has 0 amide bonds. The second-order valence-corrected chi connectivity index (χ2v) is 4.95. The van der Waals surface area contributed by atoms with Crippen molar-refractivity contribution in [3.63, 3.8) is 0 Å². The number of nitrogens with zero attached hydrogens (tertiary/aromatic N) is 1. The SMILES string of the molecule is CCN(c1ccccc1)C(C)C1CCNCC1. The Hall–Kier alpha value is -1.02. The minimum atomic E-state index is 0.643. The van der Waals surface area contributed by atoms with E-state index in [9.17, 15) is 0 Å². The summed E-state index contributed by atoms with van der Waals surface area (Å²) in [6.07, 6.45) is 2.62. The van der Waals surface area contributed by atoms with Crippen LogP contribution < -0.4 is 10.2 Å². The zero-order valence-corrected chi connectivity index (χ0v) is 11.0. The summed E-state index contributed by atoms with van der Waals surface area (Å²) in [5.74, 6) is 0.830. The number of para-hydroxylation sites is 1. The highest BCUT2D eigenvalue weighted by Gasteiger charge is 2.24. The van der Waals surface area contributed by atoms with Gasteiger partial charge in [-0.05, 0) is 57.8 Å². The zero-order chi connectivity index (χ0) is 12.1. The van der Waals surface area contributed by atoms with Crippen LogP contribution in [-0.4, -0.2) is 25.7 Å². The van der Waals surface area contributed by atoms with E-state index in [1.165, 1.54) is 31.6 Å². The molecule has 1 aromatic rings. The lowest BCUT2D eigenvalue weighted by Crippen LogP contribution is -2.43. The van der Waals surface area contributed by atoms with E-state index in [1.807, 2.05) is 0 Å². The first kappa shape index (κ1) is 12.4. The van der Waals surface area contributed by atoms with Crippen molar-refractivity contribution < 1.29 is 0 Å². The van der Waals surface area contributed by atoms with E-state index in [1.54, 1.807) is 0 Å². The number of rotatable bonds is 4. The lowest BCUT2D eigenvalue weighted by Gasteiger charge is -2.37. The topological polar surface area (TPSA) is 15.3 Å². The second-order valence-electron chi connectivity index (χ2n) is 4.95. The molecule has 1 saturated heterocycles. The van der Waals surface area contributed by atoms with Crippen molar-refractivity contribution in [3.8, 4) is 0 Å². The molecule has 2 heteroatoms. The molecule has 1 aromatic carbocycles. The Labute approximate surface area is 105 Å². The molecule has 0 radical (unpaired) electrons. The molecule has 1 heterocycles. The second kappa shape index (κ2) is 6.06. The highest BCUT2D eigenvalue weighted by atomic mass is 15.2. The Morgan fingerprint density at radius 2 is 1.88 bits per heavy atom. The number of piperidine rings is 1. The molecule has 1 N–H and O–H groups in total. The van der Waals surface area contributed by atoms with Crippen LogP contribution in [-0.2, 0) is 0 Å². The minimum absolute atomic E-state index is 0.643. The third-order valence-electron chi connectivity index (χ3n) is 3.99. The largest absolute Gasteiger partial charge is 0.369 e. The highest BCUT2D eigenvalue weighted by Crippen LogP contribution is 2.25. The smallest absolute Gasteiger partial charge is 0.0368 e. The molecule has 0 bridgehead atoms. The van der Waals surface area contributed by atoms with Gasteiger partial charge in [0.2, 0.25) is 0 Å². The van der Waals surface area contributed by atoms with Gasteiger partial charge in [-0.15, -0.1) is 0 Å². The number of benzene rings is 1. The molecular weight excluding hydrogens is 208 g/mol. The quantitative estimate of drug-likeness (QED) is 0.858. The van der Waals surface area contributed by atoms with E-state index < -0.39 is 0 Å². The van der Waals surface area contributed by atoms with Crippen molar-refractivity contribution in [2.75, 3.05) is 24.5 Å². The van der Waals surface area contributed by atoms with Crippen LogP contribution in [0.1, 0.15) is 26.7 Å². The molecule has 0 aliphatic carbocycles. The summed E-state index contributed by atoms with van der Waals surface area (Å²) in [5.41, 5.74) is 1.36. The number of hydrogen-bond acceptors (Lipinski definition) is 2. The maximum absolute atomic E-state index is 3.45. The normalized spacial score (nSPS) is 18.9. The van der Waals surface area contributed by atoms with Gasteiger partial charge in [0, 0.05) is 18.3 Å². The molecule has 94 valence electrons. The number of anilines is 1. The van der Waals surface area contributed by atoms with Gasteiger partial charge in [-0.1, -0.05) is 18.2 Å². The predicted molar refractivity (Wildman–Crippen MR) is 74.5 cm³/mol.